The summed E-state index contributed by atoms with van der Waals surface area (Å²) < 4.78 is 5.35. The molecule has 3 nitrogen and oxygen atoms in total. The monoisotopic (exact) mass is 342 g/mol. The summed E-state index contributed by atoms with van der Waals surface area (Å²) >= 11 is 0. The molecule has 0 atom stereocenters. The summed E-state index contributed by atoms with van der Waals surface area (Å²) in [6.45, 7) is 2.72. The zero-order chi connectivity index (χ0) is 17.7. The van der Waals surface area contributed by atoms with Crippen LogP contribution in [0.25, 0.3) is 0 Å². The van der Waals surface area contributed by atoms with Crippen molar-refractivity contribution >= 4 is 0 Å². The third kappa shape index (κ3) is 18.0. The largest absolute Gasteiger partial charge is 0.394 e. The minimum absolute atomic E-state index is 0.0944. The maximum absolute atomic E-state index is 8.87. The summed E-state index contributed by atoms with van der Waals surface area (Å²) in [5.74, 6) is 0. The second kappa shape index (κ2) is 20.7. The minimum atomic E-state index is -0.395. The summed E-state index contributed by atoms with van der Waals surface area (Å²) in [6.07, 6.45) is 22.5. The van der Waals surface area contributed by atoms with E-state index >= 15 is 0 Å². The van der Waals surface area contributed by atoms with Gasteiger partial charge in [0.25, 0.3) is 0 Å². The predicted molar refractivity (Wildman–Crippen MR) is 103 cm³/mol. The van der Waals surface area contributed by atoms with Gasteiger partial charge in [-0.25, -0.2) is 0 Å². The highest BCUT2D eigenvalue weighted by molar-refractivity contribution is 4.81. The van der Waals surface area contributed by atoms with Gasteiger partial charge in [-0.2, -0.15) is 0 Å². The van der Waals surface area contributed by atoms with Gasteiger partial charge in [-0.05, 0) is 32.1 Å². The summed E-state index contributed by atoms with van der Waals surface area (Å²) in [7, 11) is 0. The molecule has 0 aliphatic heterocycles. The van der Waals surface area contributed by atoms with Gasteiger partial charge in [-0.3, -0.25) is 0 Å². The first-order valence-corrected chi connectivity index (χ1v) is 10.3. The first-order valence-electron chi connectivity index (χ1n) is 10.3. The molecule has 0 aromatic heterocycles. The smallest absolute Gasteiger partial charge is 0.104 e. The first-order chi connectivity index (χ1) is 11.8. The summed E-state index contributed by atoms with van der Waals surface area (Å²) in [5, 5.41) is 17.7. The van der Waals surface area contributed by atoms with Gasteiger partial charge in [0.1, 0.15) is 6.10 Å². The maximum Gasteiger partial charge on any atom is 0.104 e. The standard InChI is InChI=1S/C21H42O3/c1-2-3-4-5-6-7-8-9-10-11-12-13-14-15-16-17-18-24-21(19-22)20-23/h9-10,21-23H,2-8,11-20H2,1H3. The van der Waals surface area contributed by atoms with Crippen molar-refractivity contribution < 1.29 is 14.9 Å². The van der Waals surface area contributed by atoms with E-state index in [9.17, 15) is 0 Å². The molecule has 0 fully saturated rings. The Labute approximate surface area is 150 Å². The molecule has 0 bridgehead atoms. The lowest BCUT2D eigenvalue weighted by Crippen LogP contribution is -2.22. The molecule has 0 aliphatic carbocycles. The number of rotatable bonds is 19. The van der Waals surface area contributed by atoms with Gasteiger partial charge in [0, 0.05) is 6.61 Å². The highest BCUT2D eigenvalue weighted by Gasteiger charge is 2.04. The van der Waals surface area contributed by atoms with Crippen molar-refractivity contribution in [3.05, 3.63) is 12.2 Å². The molecule has 0 heterocycles. The highest BCUT2D eigenvalue weighted by atomic mass is 16.5. The number of aliphatic hydroxyl groups is 2. The van der Waals surface area contributed by atoms with Crippen LogP contribution < -0.4 is 0 Å². The molecule has 0 amide bonds. The number of hydrogen-bond acceptors (Lipinski definition) is 3. The lowest BCUT2D eigenvalue weighted by atomic mass is 10.1. The summed E-state index contributed by atoms with van der Waals surface area (Å²) in [6, 6.07) is 0. The molecule has 3 heteroatoms. The van der Waals surface area contributed by atoms with Crippen molar-refractivity contribution in [3.63, 3.8) is 0 Å². The van der Waals surface area contributed by atoms with Crippen molar-refractivity contribution in [2.75, 3.05) is 19.8 Å². The van der Waals surface area contributed by atoms with E-state index in [-0.39, 0.29) is 13.2 Å². The average molecular weight is 343 g/mol. The van der Waals surface area contributed by atoms with Crippen molar-refractivity contribution in [1.82, 2.24) is 0 Å². The Balaban J connectivity index is 3.13. The Kier molecular flexibility index (Phi) is 20.3. The number of unbranched alkanes of at least 4 members (excludes halogenated alkanes) is 12. The molecule has 0 rings (SSSR count). The SMILES string of the molecule is CCCCCCCCC=CCCCCCCCCOC(CO)CO. The van der Waals surface area contributed by atoms with Crippen LogP contribution in [0.5, 0.6) is 0 Å². The number of ether oxygens (including phenoxy) is 1. The molecular weight excluding hydrogens is 300 g/mol. The summed E-state index contributed by atoms with van der Waals surface area (Å²) in [4.78, 5) is 0. The second-order valence-electron chi connectivity index (χ2n) is 6.80. The molecule has 0 aromatic rings. The molecule has 144 valence electrons. The van der Waals surface area contributed by atoms with Gasteiger partial charge in [-0.1, -0.05) is 76.9 Å². The van der Waals surface area contributed by atoms with E-state index in [0.717, 1.165) is 6.42 Å². The lowest BCUT2D eigenvalue weighted by Gasteiger charge is -2.11. The van der Waals surface area contributed by atoms with Crippen molar-refractivity contribution in [2.45, 2.75) is 103 Å². The lowest BCUT2D eigenvalue weighted by molar-refractivity contribution is -0.0208. The Bertz CT molecular complexity index is 249. The van der Waals surface area contributed by atoms with Crippen LogP contribution in [0.3, 0.4) is 0 Å². The number of allylic oxidation sites excluding steroid dienone is 2. The third-order valence-electron chi connectivity index (χ3n) is 4.42. The van der Waals surface area contributed by atoms with E-state index in [4.69, 9.17) is 14.9 Å². The Hall–Kier alpha value is -0.380. The maximum atomic E-state index is 8.87. The number of aliphatic hydroxyl groups excluding tert-OH is 2. The van der Waals surface area contributed by atoms with Crippen molar-refractivity contribution in [2.24, 2.45) is 0 Å². The molecule has 2 N–H and O–H groups in total. The molecule has 0 aromatic carbocycles. The predicted octanol–water partition coefficient (Wildman–Crippen LogP) is 5.39. The van der Waals surface area contributed by atoms with Crippen LogP contribution in [-0.2, 0) is 4.74 Å². The van der Waals surface area contributed by atoms with Crippen LogP contribution in [0.4, 0.5) is 0 Å². The molecule has 0 radical (unpaired) electrons. The Morgan fingerprint density at radius 1 is 0.667 bits per heavy atom. The first kappa shape index (κ1) is 23.6. The summed E-state index contributed by atoms with van der Waals surface area (Å²) in [5.41, 5.74) is 0. The van der Waals surface area contributed by atoms with Gasteiger partial charge in [0.2, 0.25) is 0 Å². The highest BCUT2D eigenvalue weighted by Crippen LogP contribution is 2.10. The van der Waals surface area contributed by atoms with Crippen molar-refractivity contribution in [3.8, 4) is 0 Å². The molecular formula is C21H42O3. The van der Waals surface area contributed by atoms with E-state index in [1.807, 2.05) is 0 Å². The Morgan fingerprint density at radius 2 is 1.12 bits per heavy atom. The fraction of sp³-hybridized carbons (Fsp3) is 0.905. The molecule has 0 aliphatic rings. The van der Waals surface area contributed by atoms with Gasteiger partial charge in [-0.15, -0.1) is 0 Å². The van der Waals surface area contributed by atoms with E-state index in [0.29, 0.717) is 6.61 Å². The van der Waals surface area contributed by atoms with E-state index in [1.54, 1.807) is 0 Å². The number of hydrogen-bond donors (Lipinski definition) is 2. The van der Waals surface area contributed by atoms with Gasteiger partial charge < -0.3 is 14.9 Å². The normalized spacial score (nSPS) is 11.8. The van der Waals surface area contributed by atoms with Crippen LogP contribution in [0.2, 0.25) is 0 Å². The Morgan fingerprint density at radius 3 is 1.62 bits per heavy atom. The van der Waals surface area contributed by atoms with Gasteiger partial charge >= 0.3 is 0 Å². The van der Waals surface area contributed by atoms with Crippen LogP contribution in [-0.4, -0.2) is 36.1 Å². The zero-order valence-electron chi connectivity index (χ0n) is 16.1. The van der Waals surface area contributed by atoms with Crippen molar-refractivity contribution in [1.29, 1.82) is 0 Å². The molecule has 0 unspecified atom stereocenters. The molecule has 0 saturated heterocycles. The fourth-order valence-corrected chi connectivity index (χ4v) is 2.76. The van der Waals surface area contributed by atoms with Crippen LogP contribution in [0.1, 0.15) is 96.8 Å². The second-order valence-corrected chi connectivity index (χ2v) is 6.80. The van der Waals surface area contributed by atoms with Gasteiger partial charge in [0.05, 0.1) is 13.2 Å². The van der Waals surface area contributed by atoms with Crippen LogP contribution >= 0.6 is 0 Å². The third-order valence-corrected chi connectivity index (χ3v) is 4.42. The van der Waals surface area contributed by atoms with Crippen LogP contribution in [0, 0.1) is 0 Å². The fourth-order valence-electron chi connectivity index (χ4n) is 2.76. The average Bonchev–Trinajstić information content (AvgIpc) is 2.61. The van der Waals surface area contributed by atoms with E-state index in [2.05, 4.69) is 19.1 Å². The van der Waals surface area contributed by atoms with Crippen LogP contribution in [0.15, 0.2) is 12.2 Å². The zero-order valence-corrected chi connectivity index (χ0v) is 16.1. The topological polar surface area (TPSA) is 49.7 Å². The van der Waals surface area contributed by atoms with E-state index < -0.39 is 6.10 Å². The quantitative estimate of drug-likeness (QED) is 0.244. The minimum Gasteiger partial charge on any atom is -0.394 e. The van der Waals surface area contributed by atoms with Gasteiger partial charge in [0.15, 0.2) is 0 Å². The molecule has 24 heavy (non-hydrogen) atoms. The van der Waals surface area contributed by atoms with E-state index in [1.165, 1.54) is 83.5 Å². The molecule has 0 spiro atoms. The molecule has 0 saturated carbocycles.